The highest BCUT2D eigenvalue weighted by atomic mass is 16.3. The Morgan fingerprint density at radius 1 is 0.875 bits per heavy atom. The maximum absolute atomic E-state index is 11.0. The van der Waals surface area contributed by atoms with E-state index in [-0.39, 0.29) is 18.6 Å². The quantitative estimate of drug-likeness (QED) is 0.344. The molecule has 0 aromatic rings. The van der Waals surface area contributed by atoms with Gasteiger partial charge in [0.2, 0.25) is 5.91 Å². The summed E-state index contributed by atoms with van der Waals surface area (Å²) in [6.45, 7) is 3.57. The molecule has 3 N–H and O–H groups in total. The molecule has 0 unspecified atom stereocenters. The van der Waals surface area contributed by atoms with E-state index in [1.807, 2.05) is 0 Å². The lowest BCUT2D eigenvalue weighted by atomic mass is 10.0. The van der Waals surface area contributed by atoms with Crippen molar-refractivity contribution in [2.24, 2.45) is 0 Å². The van der Waals surface area contributed by atoms with Gasteiger partial charge in [-0.3, -0.25) is 4.79 Å². The summed E-state index contributed by atoms with van der Waals surface area (Å²) in [5.74, 6) is -0.161. The zero-order valence-electron chi connectivity index (χ0n) is 16.1. The van der Waals surface area contributed by atoms with Crippen LogP contribution in [0.2, 0.25) is 0 Å². The first kappa shape index (κ1) is 23.4. The average molecular weight is 344 g/mol. The Balaban J connectivity index is 3.35. The van der Waals surface area contributed by atoms with Gasteiger partial charge in [-0.05, 0) is 12.8 Å². The van der Waals surface area contributed by atoms with Crippen molar-refractivity contribution in [2.45, 2.75) is 116 Å². The molecule has 0 aromatic heterocycles. The van der Waals surface area contributed by atoms with Gasteiger partial charge in [0, 0.05) is 6.92 Å². The third-order valence-corrected chi connectivity index (χ3v) is 4.58. The molecule has 4 heteroatoms. The lowest BCUT2D eigenvalue weighted by Gasteiger charge is -2.19. The summed E-state index contributed by atoms with van der Waals surface area (Å²) in [4.78, 5) is 11.0. The molecule has 24 heavy (non-hydrogen) atoms. The topological polar surface area (TPSA) is 69.6 Å². The van der Waals surface area contributed by atoms with Crippen LogP contribution < -0.4 is 5.32 Å². The van der Waals surface area contributed by atoms with Gasteiger partial charge in [0.15, 0.2) is 0 Å². The molecule has 0 aliphatic carbocycles. The molecule has 0 aliphatic rings. The third-order valence-electron chi connectivity index (χ3n) is 4.58. The van der Waals surface area contributed by atoms with Crippen molar-refractivity contribution in [2.75, 3.05) is 6.61 Å². The fraction of sp³-hybridized carbons (Fsp3) is 0.950. The molecule has 0 bridgehead atoms. The first-order valence-corrected chi connectivity index (χ1v) is 10.2. The first-order valence-electron chi connectivity index (χ1n) is 10.2. The molecule has 0 heterocycles. The van der Waals surface area contributed by atoms with Crippen molar-refractivity contribution in [3.8, 4) is 0 Å². The summed E-state index contributed by atoms with van der Waals surface area (Å²) in [5.41, 5.74) is 0. The fourth-order valence-electron chi connectivity index (χ4n) is 3.13. The van der Waals surface area contributed by atoms with Gasteiger partial charge >= 0.3 is 0 Å². The Kier molecular flexibility index (Phi) is 16.8. The van der Waals surface area contributed by atoms with Gasteiger partial charge in [0.1, 0.15) is 0 Å². The Bertz CT molecular complexity index is 284. The van der Waals surface area contributed by atoms with E-state index < -0.39 is 6.10 Å². The molecule has 0 rings (SSSR count). The molecule has 0 fully saturated rings. The minimum Gasteiger partial charge on any atom is -0.394 e. The maximum atomic E-state index is 11.0. The van der Waals surface area contributed by atoms with Gasteiger partial charge in [-0.1, -0.05) is 84.0 Å². The number of aliphatic hydroxyl groups is 2. The van der Waals surface area contributed by atoms with Crippen LogP contribution in [0.25, 0.3) is 0 Å². The summed E-state index contributed by atoms with van der Waals surface area (Å²) < 4.78 is 0. The summed E-state index contributed by atoms with van der Waals surface area (Å²) in [6, 6.07) is -0.324. The summed E-state index contributed by atoms with van der Waals surface area (Å²) in [5, 5.41) is 21.8. The van der Waals surface area contributed by atoms with Crippen LogP contribution in [0.1, 0.15) is 104 Å². The van der Waals surface area contributed by atoms with E-state index in [1.54, 1.807) is 0 Å². The Hall–Kier alpha value is -0.610. The lowest BCUT2D eigenvalue weighted by molar-refractivity contribution is -0.120. The van der Waals surface area contributed by atoms with Crippen LogP contribution in [0.4, 0.5) is 0 Å². The fourth-order valence-corrected chi connectivity index (χ4v) is 3.13. The lowest BCUT2D eigenvalue weighted by Crippen LogP contribution is -2.38. The molecular weight excluding hydrogens is 302 g/mol. The minimum atomic E-state index is -0.433. The Morgan fingerprint density at radius 2 is 1.33 bits per heavy atom. The van der Waals surface area contributed by atoms with Crippen LogP contribution in [0.3, 0.4) is 0 Å². The molecule has 144 valence electrons. The standard InChI is InChI=1S/C20H41NO3/c1-3-4-5-6-7-8-9-10-11-12-13-14-15-20(24)16-19(17-22)21-18(2)23/h19-20,22,24H,3-17H2,1-2H3,(H,21,23)/t19-,20-/m1/s1. The van der Waals surface area contributed by atoms with Gasteiger partial charge < -0.3 is 15.5 Å². The van der Waals surface area contributed by atoms with Crippen LogP contribution >= 0.6 is 0 Å². The van der Waals surface area contributed by atoms with Crippen molar-refractivity contribution in [1.29, 1.82) is 0 Å². The minimum absolute atomic E-state index is 0.116. The number of hydrogen-bond donors (Lipinski definition) is 3. The van der Waals surface area contributed by atoms with E-state index in [4.69, 9.17) is 0 Å². The SMILES string of the molecule is CCCCCCCCCCCCCC[C@@H](O)C[C@H](CO)NC(C)=O. The van der Waals surface area contributed by atoms with Gasteiger partial charge in [0.05, 0.1) is 18.8 Å². The van der Waals surface area contributed by atoms with E-state index in [1.165, 1.54) is 71.1 Å². The molecule has 0 saturated heterocycles. The molecule has 0 radical (unpaired) electrons. The van der Waals surface area contributed by atoms with E-state index in [0.29, 0.717) is 6.42 Å². The molecule has 0 spiro atoms. The van der Waals surface area contributed by atoms with E-state index >= 15 is 0 Å². The zero-order valence-corrected chi connectivity index (χ0v) is 16.1. The number of aliphatic hydroxyl groups excluding tert-OH is 2. The first-order chi connectivity index (χ1) is 11.6. The molecule has 4 nitrogen and oxygen atoms in total. The largest absolute Gasteiger partial charge is 0.394 e. The second kappa shape index (κ2) is 17.2. The average Bonchev–Trinajstić information content (AvgIpc) is 2.54. The molecule has 1 amide bonds. The zero-order chi connectivity index (χ0) is 18.0. The second-order valence-electron chi connectivity index (χ2n) is 7.15. The highest BCUT2D eigenvalue weighted by Crippen LogP contribution is 2.14. The Labute approximate surface area is 149 Å². The predicted octanol–water partition coefficient (Wildman–Crippen LogP) is 4.33. The van der Waals surface area contributed by atoms with Crippen molar-refractivity contribution in [3.63, 3.8) is 0 Å². The number of rotatable bonds is 17. The smallest absolute Gasteiger partial charge is 0.217 e. The van der Waals surface area contributed by atoms with Crippen LogP contribution in [-0.4, -0.2) is 34.9 Å². The highest BCUT2D eigenvalue weighted by Gasteiger charge is 2.14. The normalized spacial score (nSPS) is 13.7. The molecule has 2 atom stereocenters. The summed E-state index contributed by atoms with van der Waals surface area (Å²) in [6.07, 6.45) is 16.5. The van der Waals surface area contributed by atoms with Crippen LogP contribution in [-0.2, 0) is 4.79 Å². The van der Waals surface area contributed by atoms with Crippen LogP contribution in [0, 0.1) is 0 Å². The van der Waals surface area contributed by atoms with Crippen LogP contribution in [0.15, 0.2) is 0 Å². The number of nitrogens with one attached hydrogen (secondary N) is 1. The van der Waals surface area contributed by atoms with Crippen molar-refractivity contribution >= 4 is 5.91 Å². The monoisotopic (exact) mass is 343 g/mol. The summed E-state index contributed by atoms with van der Waals surface area (Å²) >= 11 is 0. The van der Waals surface area contributed by atoms with E-state index in [2.05, 4.69) is 12.2 Å². The third kappa shape index (κ3) is 16.3. The van der Waals surface area contributed by atoms with Gasteiger partial charge in [0.25, 0.3) is 0 Å². The number of amides is 1. The highest BCUT2D eigenvalue weighted by molar-refractivity contribution is 5.73. The maximum Gasteiger partial charge on any atom is 0.217 e. The number of carbonyl (C=O) groups is 1. The molecule has 0 aliphatic heterocycles. The van der Waals surface area contributed by atoms with Gasteiger partial charge in [-0.2, -0.15) is 0 Å². The summed E-state index contributed by atoms with van der Waals surface area (Å²) in [7, 11) is 0. The number of unbranched alkanes of at least 4 members (excludes halogenated alkanes) is 11. The van der Waals surface area contributed by atoms with Crippen LogP contribution in [0.5, 0.6) is 0 Å². The Morgan fingerprint density at radius 3 is 1.75 bits per heavy atom. The molecular formula is C20H41NO3. The van der Waals surface area contributed by atoms with Crippen molar-refractivity contribution in [1.82, 2.24) is 5.32 Å². The second-order valence-corrected chi connectivity index (χ2v) is 7.15. The van der Waals surface area contributed by atoms with Gasteiger partial charge in [-0.15, -0.1) is 0 Å². The number of carbonyl (C=O) groups excluding carboxylic acids is 1. The van der Waals surface area contributed by atoms with Gasteiger partial charge in [-0.25, -0.2) is 0 Å². The van der Waals surface area contributed by atoms with Crippen molar-refractivity contribution in [3.05, 3.63) is 0 Å². The van der Waals surface area contributed by atoms with E-state index in [0.717, 1.165) is 19.3 Å². The number of hydrogen-bond acceptors (Lipinski definition) is 3. The van der Waals surface area contributed by atoms with E-state index in [9.17, 15) is 15.0 Å². The molecule has 0 aromatic carbocycles. The molecule has 0 saturated carbocycles. The predicted molar refractivity (Wildman–Crippen MR) is 101 cm³/mol. The van der Waals surface area contributed by atoms with Crippen molar-refractivity contribution < 1.29 is 15.0 Å².